The minimum absolute atomic E-state index is 0.0412. The highest BCUT2D eigenvalue weighted by atomic mass is 16.5. The molecule has 0 saturated carbocycles. The van der Waals surface area contributed by atoms with Gasteiger partial charge in [0.1, 0.15) is 0 Å². The molecule has 24 heavy (non-hydrogen) atoms. The number of benzene rings is 2. The van der Waals surface area contributed by atoms with E-state index in [9.17, 15) is 4.79 Å². The Morgan fingerprint density at radius 2 is 1.96 bits per heavy atom. The zero-order valence-corrected chi connectivity index (χ0v) is 13.6. The molecule has 0 bridgehead atoms. The minimum atomic E-state index is -0.505. The highest BCUT2D eigenvalue weighted by Gasteiger charge is 2.30. The van der Waals surface area contributed by atoms with Crippen molar-refractivity contribution in [1.29, 1.82) is 0 Å². The van der Waals surface area contributed by atoms with Crippen LogP contribution in [-0.4, -0.2) is 12.5 Å². The lowest BCUT2D eigenvalue weighted by molar-refractivity contribution is -0.135. The number of carbonyl (C=O) groups is 1. The smallest absolute Gasteiger partial charge is 0.254 e. The van der Waals surface area contributed by atoms with Crippen LogP contribution in [0.1, 0.15) is 47.2 Å². The van der Waals surface area contributed by atoms with Crippen molar-refractivity contribution < 1.29 is 9.53 Å². The number of carbonyl (C=O) groups excluding carboxylic acids is 1. The molecule has 4 nitrogen and oxygen atoms in total. The first-order chi connectivity index (χ1) is 11.7. The topological polar surface area (TPSA) is 64.3 Å². The summed E-state index contributed by atoms with van der Waals surface area (Å²) in [5.74, 6) is -0.0446. The number of hydrogen-bond donors (Lipinski definition) is 2. The van der Waals surface area contributed by atoms with Crippen LogP contribution in [0.25, 0.3) is 0 Å². The summed E-state index contributed by atoms with van der Waals surface area (Å²) in [6, 6.07) is 14.1. The number of fused-ring (bicyclic) bond motifs is 2. The third kappa shape index (κ3) is 2.78. The van der Waals surface area contributed by atoms with Crippen molar-refractivity contribution in [2.24, 2.45) is 0 Å². The number of anilines is 1. The molecule has 2 atom stereocenters. The van der Waals surface area contributed by atoms with E-state index >= 15 is 0 Å². The van der Waals surface area contributed by atoms with Crippen LogP contribution in [0.15, 0.2) is 42.5 Å². The number of aryl methyl sites for hydroxylation is 1. The maximum Gasteiger partial charge on any atom is 0.254 e. The van der Waals surface area contributed by atoms with Crippen LogP contribution in [-0.2, 0) is 22.4 Å². The van der Waals surface area contributed by atoms with Crippen LogP contribution in [0, 0.1) is 0 Å². The van der Waals surface area contributed by atoms with Crippen LogP contribution >= 0.6 is 0 Å². The first-order valence-corrected chi connectivity index (χ1v) is 8.60. The maximum atomic E-state index is 12.8. The van der Waals surface area contributed by atoms with Gasteiger partial charge >= 0.3 is 0 Å². The summed E-state index contributed by atoms with van der Waals surface area (Å²) >= 11 is 0. The number of ether oxygens (including phenoxy) is 1. The van der Waals surface area contributed by atoms with Crippen molar-refractivity contribution in [3.63, 3.8) is 0 Å². The van der Waals surface area contributed by atoms with Gasteiger partial charge in [-0.3, -0.25) is 4.79 Å². The lowest BCUT2D eigenvalue weighted by atomic mass is 9.87. The van der Waals surface area contributed by atoms with Gasteiger partial charge in [0, 0.05) is 5.69 Å². The number of nitrogens with two attached hydrogens (primary N) is 1. The van der Waals surface area contributed by atoms with Gasteiger partial charge in [-0.25, -0.2) is 0 Å². The number of hydrogen-bond acceptors (Lipinski definition) is 3. The Bertz CT molecular complexity index is 772. The number of amides is 1. The zero-order valence-electron chi connectivity index (χ0n) is 13.6. The normalized spacial score (nSPS) is 22.3. The van der Waals surface area contributed by atoms with Crippen LogP contribution in [0.4, 0.5) is 5.69 Å². The molecular weight excluding hydrogens is 300 g/mol. The SMILES string of the molecule is Nc1ccc2c(c1)CCCC2NC(=O)C1OCCc2ccccc21. The third-order valence-corrected chi connectivity index (χ3v) is 5.03. The molecule has 1 aliphatic carbocycles. The van der Waals surface area contributed by atoms with Crippen LogP contribution in [0.5, 0.6) is 0 Å². The lowest BCUT2D eigenvalue weighted by Crippen LogP contribution is -2.37. The maximum absolute atomic E-state index is 12.8. The van der Waals surface area contributed by atoms with E-state index in [0.29, 0.717) is 6.61 Å². The molecule has 2 aliphatic rings. The third-order valence-electron chi connectivity index (χ3n) is 5.03. The van der Waals surface area contributed by atoms with Crippen molar-refractivity contribution >= 4 is 11.6 Å². The number of nitrogens with one attached hydrogen (secondary N) is 1. The highest BCUT2D eigenvalue weighted by molar-refractivity contribution is 5.83. The fourth-order valence-corrected chi connectivity index (χ4v) is 3.84. The van der Waals surface area contributed by atoms with Gasteiger partial charge in [0.15, 0.2) is 6.10 Å². The molecule has 1 aliphatic heterocycles. The lowest BCUT2D eigenvalue weighted by Gasteiger charge is -2.30. The summed E-state index contributed by atoms with van der Waals surface area (Å²) in [7, 11) is 0. The second kappa shape index (κ2) is 6.29. The Kier molecular flexibility index (Phi) is 3.98. The van der Waals surface area contributed by atoms with Gasteiger partial charge in [-0.15, -0.1) is 0 Å². The molecule has 1 heterocycles. The van der Waals surface area contributed by atoms with Crippen molar-refractivity contribution in [3.05, 3.63) is 64.7 Å². The summed E-state index contributed by atoms with van der Waals surface area (Å²) in [6.45, 7) is 0.590. The highest BCUT2D eigenvalue weighted by Crippen LogP contribution is 2.33. The molecule has 2 unspecified atom stereocenters. The Morgan fingerprint density at radius 3 is 2.88 bits per heavy atom. The Hall–Kier alpha value is -2.33. The molecule has 0 spiro atoms. The first kappa shape index (κ1) is 15.2. The summed E-state index contributed by atoms with van der Waals surface area (Å²) in [5, 5.41) is 3.20. The van der Waals surface area contributed by atoms with E-state index in [1.165, 1.54) is 16.7 Å². The van der Waals surface area contributed by atoms with Crippen LogP contribution in [0.3, 0.4) is 0 Å². The van der Waals surface area contributed by atoms with Gasteiger partial charge in [0.25, 0.3) is 5.91 Å². The average molecular weight is 322 g/mol. The fraction of sp³-hybridized carbons (Fsp3) is 0.350. The predicted molar refractivity (Wildman–Crippen MR) is 93.5 cm³/mol. The molecule has 0 aromatic heterocycles. The largest absolute Gasteiger partial charge is 0.399 e. The molecule has 124 valence electrons. The van der Waals surface area contributed by atoms with Crippen molar-refractivity contribution in [3.8, 4) is 0 Å². The van der Waals surface area contributed by atoms with Gasteiger partial charge in [0.2, 0.25) is 0 Å². The van der Waals surface area contributed by atoms with E-state index in [-0.39, 0.29) is 11.9 Å². The monoisotopic (exact) mass is 322 g/mol. The van der Waals surface area contributed by atoms with Crippen molar-refractivity contribution in [1.82, 2.24) is 5.32 Å². The van der Waals surface area contributed by atoms with Gasteiger partial charge in [-0.2, -0.15) is 0 Å². The number of rotatable bonds is 2. The van der Waals surface area contributed by atoms with Crippen molar-refractivity contribution in [2.75, 3.05) is 12.3 Å². The average Bonchev–Trinajstić information content (AvgIpc) is 2.61. The van der Waals surface area contributed by atoms with Crippen molar-refractivity contribution in [2.45, 2.75) is 37.8 Å². The predicted octanol–water partition coefficient (Wildman–Crippen LogP) is 3.08. The molecular formula is C20H22N2O2. The summed E-state index contributed by atoms with van der Waals surface area (Å²) in [6.07, 6.45) is 3.40. The van der Waals surface area contributed by atoms with Gasteiger partial charge in [-0.1, -0.05) is 30.3 Å². The van der Waals surface area contributed by atoms with Gasteiger partial charge in [-0.05, 0) is 60.1 Å². The van der Waals surface area contributed by atoms with Crippen LogP contribution in [0.2, 0.25) is 0 Å². The Morgan fingerprint density at radius 1 is 1.08 bits per heavy atom. The van der Waals surface area contributed by atoms with E-state index in [4.69, 9.17) is 10.5 Å². The molecule has 2 aromatic carbocycles. The second-order valence-corrected chi connectivity index (χ2v) is 6.61. The molecule has 0 radical (unpaired) electrons. The molecule has 4 rings (SSSR count). The van der Waals surface area contributed by atoms with Gasteiger partial charge in [0.05, 0.1) is 12.6 Å². The standard InChI is InChI=1S/C20H22N2O2/c21-15-8-9-16-14(12-15)5-3-7-18(16)22-20(23)19-17-6-2-1-4-13(17)10-11-24-19/h1-2,4,6,8-9,12,18-19H,3,5,7,10-11,21H2,(H,22,23). The summed E-state index contributed by atoms with van der Waals surface area (Å²) in [4.78, 5) is 12.8. The second-order valence-electron chi connectivity index (χ2n) is 6.61. The summed E-state index contributed by atoms with van der Waals surface area (Å²) < 4.78 is 5.78. The van der Waals surface area contributed by atoms with E-state index in [1.807, 2.05) is 36.4 Å². The molecule has 0 saturated heterocycles. The van der Waals surface area contributed by atoms with E-state index < -0.39 is 6.10 Å². The minimum Gasteiger partial charge on any atom is -0.399 e. The Labute approximate surface area is 142 Å². The summed E-state index contributed by atoms with van der Waals surface area (Å²) in [5.41, 5.74) is 11.3. The zero-order chi connectivity index (χ0) is 16.5. The Balaban J connectivity index is 1.56. The fourth-order valence-electron chi connectivity index (χ4n) is 3.84. The van der Waals surface area contributed by atoms with E-state index in [0.717, 1.165) is 36.9 Å². The van der Waals surface area contributed by atoms with Gasteiger partial charge < -0.3 is 15.8 Å². The molecule has 1 amide bonds. The molecule has 2 aromatic rings. The molecule has 3 N–H and O–H groups in total. The quantitative estimate of drug-likeness (QED) is 0.835. The van der Waals surface area contributed by atoms with E-state index in [1.54, 1.807) is 0 Å². The number of nitrogen functional groups attached to an aromatic ring is 1. The first-order valence-electron chi connectivity index (χ1n) is 8.60. The molecule has 0 fully saturated rings. The van der Waals surface area contributed by atoms with Crippen LogP contribution < -0.4 is 11.1 Å². The van der Waals surface area contributed by atoms with E-state index in [2.05, 4.69) is 11.4 Å². The molecule has 4 heteroatoms.